The molecule has 7 heteroatoms. The smallest absolute Gasteiger partial charge is 0.318 e. The van der Waals surface area contributed by atoms with Gasteiger partial charge in [0, 0.05) is 46.5 Å². The lowest BCUT2D eigenvalue weighted by molar-refractivity contribution is -0.108. The molecule has 0 N–H and O–H groups in total. The fraction of sp³-hybridized carbons (Fsp3) is 0.714. The lowest BCUT2D eigenvalue weighted by Crippen LogP contribution is -2.44. The van der Waals surface area contributed by atoms with Gasteiger partial charge in [0.2, 0.25) is 6.29 Å². The topological polar surface area (TPSA) is 60.0 Å². The van der Waals surface area contributed by atoms with E-state index in [1.165, 1.54) is 0 Å². The van der Waals surface area contributed by atoms with E-state index in [2.05, 4.69) is 26.8 Å². The van der Waals surface area contributed by atoms with E-state index in [4.69, 9.17) is 14.2 Å². The molecule has 0 unspecified atom stereocenters. The highest BCUT2D eigenvalue weighted by Crippen LogP contribution is 2.23. The molecule has 2 rings (SSSR count). The van der Waals surface area contributed by atoms with E-state index >= 15 is 0 Å². The molecular formula is C14H24N4O3. The van der Waals surface area contributed by atoms with E-state index in [1.54, 1.807) is 14.2 Å². The van der Waals surface area contributed by atoms with Crippen molar-refractivity contribution in [3.8, 4) is 6.01 Å². The van der Waals surface area contributed by atoms with Crippen LogP contribution in [0.25, 0.3) is 0 Å². The Morgan fingerprint density at radius 2 is 1.81 bits per heavy atom. The molecule has 1 aromatic rings. The van der Waals surface area contributed by atoms with Gasteiger partial charge in [0.05, 0.1) is 6.61 Å². The first kappa shape index (κ1) is 15.9. The number of nitrogens with zero attached hydrogens (tertiary/aromatic N) is 4. The van der Waals surface area contributed by atoms with Gasteiger partial charge < -0.3 is 24.0 Å². The second kappa shape index (κ2) is 7.53. The molecule has 0 spiro atoms. The number of aromatic nitrogens is 2. The number of ether oxygens (including phenoxy) is 3. The lowest BCUT2D eigenvalue weighted by atomic mass is 10.3. The number of hydrogen-bond acceptors (Lipinski definition) is 7. The Morgan fingerprint density at radius 3 is 2.38 bits per heavy atom. The van der Waals surface area contributed by atoms with Crippen LogP contribution in [0.5, 0.6) is 6.01 Å². The Labute approximate surface area is 125 Å². The predicted octanol–water partition coefficient (Wildman–Crippen LogP) is 0.918. The molecule has 118 valence electrons. The first-order valence-corrected chi connectivity index (χ1v) is 7.18. The maximum absolute atomic E-state index is 5.47. The van der Waals surface area contributed by atoms with E-state index < -0.39 is 6.29 Å². The molecule has 1 saturated heterocycles. The van der Waals surface area contributed by atoms with Gasteiger partial charge in [-0.3, -0.25) is 0 Å². The van der Waals surface area contributed by atoms with Gasteiger partial charge in [-0.2, -0.15) is 9.97 Å². The van der Waals surface area contributed by atoms with Crippen molar-refractivity contribution in [3.63, 3.8) is 0 Å². The molecule has 1 fully saturated rings. The number of rotatable bonds is 6. The number of methoxy groups -OCH3 is 2. The van der Waals surface area contributed by atoms with Crippen LogP contribution < -0.4 is 9.64 Å². The molecule has 2 heterocycles. The molecule has 21 heavy (non-hydrogen) atoms. The normalized spacial score (nSPS) is 16.5. The SMILES string of the molecule is CCOc1nc(C(OC)OC)cc(N2CCN(C)CC2)n1. The average Bonchev–Trinajstić information content (AvgIpc) is 2.49. The maximum atomic E-state index is 5.47. The Bertz CT molecular complexity index is 446. The zero-order valence-corrected chi connectivity index (χ0v) is 13.2. The summed E-state index contributed by atoms with van der Waals surface area (Å²) in [7, 11) is 5.30. The second-order valence-electron chi connectivity index (χ2n) is 4.96. The predicted molar refractivity (Wildman–Crippen MR) is 79.7 cm³/mol. The fourth-order valence-electron chi connectivity index (χ4n) is 2.28. The van der Waals surface area contributed by atoms with Crippen LogP contribution in [0.15, 0.2) is 6.07 Å². The van der Waals surface area contributed by atoms with Gasteiger partial charge in [0.15, 0.2) is 0 Å². The van der Waals surface area contributed by atoms with E-state index in [0.29, 0.717) is 18.3 Å². The van der Waals surface area contributed by atoms with E-state index in [1.807, 2.05) is 13.0 Å². The van der Waals surface area contributed by atoms with Crippen molar-refractivity contribution in [1.82, 2.24) is 14.9 Å². The minimum absolute atomic E-state index is 0.364. The van der Waals surface area contributed by atoms with Crippen molar-refractivity contribution < 1.29 is 14.2 Å². The molecule has 0 saturated carbocycles. The number of piperazine rings is 1. The quantitative estimate of drug-likeness (QED) is 0.723. The lowest BCUT2D eigenvalue weighted by Gasteiger charge is -2.33. The van der Waals surface area contributed by atoms with Crippen LogP contribution in [0.1, 0.15) is 18.9 Å². The zero-order valence-electron chi connectivity index (χ0n) is 13.2. The van der Waals surface area contributed by atoms with Crippen molar-refractivity contribution >= 4 is 5.82 Å². The van der Waals surface area contributed by atoms with Crippen LogP contribution in [-0.2, 0) is 9.47 Å². The van der Waals surface area contributed by atoms with Crippen molar-refractivity contribution in [2.75, 3.05) is 59.0 Å². The summed E-state index contributed by atoms with van der Waals surface area (Å²) in [5, 5.41) is 0. The summed E-state index contributed by atoms with van der Waals surface area (Å²) in [6.07, 6.45) is -0.515. The molecule has 0 bridgehead atoms. The van der Waals surface area contributed by atoms with Crippen molar-refractivity contribution in [2.45, 2.75) is 13.2 Å². The van der Waals surface area contributed by atoms with E-state index in [9.17, 15) is 0 Å². The summed E-state index contributed by atoms with van der Waals surface area (Å²) in [5.41, 5.74) is 0.673. The maximum Gasteiger partial charge on any atom is 0.318 e. The summed E-state index contributed by atoms with van der Waals surface area (Å²) >= 11 is 0. The van der Waals surface area contributed by atoms with Crippen molar-refractivity contribution in [2.24, 2.45) is 0 Å². The summed E-state index contributed by atoms with van der Waals surface area (Å²) in [4.78, 5) is 13.4. The monoisotopic (exact) mass is 296 g/mol. The standard InChI is InChI=1S/C14H24N4O3/c1-5-21-14-15-11(13(19-3)20-4)10-12(16-14)18-8-6-17(2)7-9-18/h10,13H,5-9H2,1-4H3. The highest BCUT2D eigenvalue weighted by atomic mass is 16.7. The molecule has 1 aliphatic heterocycles. The Hall–Kier alpha value is -1.44. The zero-order chi connectivity index (χ0) is 15.2. The third kappa shape index (κ3) is 4.03. The van der Waals surface area contributed by atoms with Crippen molar-refractivity contribution in [3.05, 3.63) is 11.8 Å². The Kier molecular flexibility index (Phi) is 5.72. The minimum Gasteiger partial charge on any atom is -0.464 e. The molecule has 1 aromatic heterocycles. The van der Waals surface area contributed by atoms with Crippen LogP contribution in [0.2, 0.25) is 0 Å². The molecule has 7 nitrogen and oxygen atoms in total. The van der Waals surface area contributed by atoms with Crippen LogP contribution >= 0.6 is 0 Å². The summed E-state index contributed by atoms with van der Waals surface area (Å²) < 4.78 is 16.0. The minimum atomic E-state index is -0.515. The summed E-state index contributed by atoms with van der Waals surface area (Å²) in [6, 6.07) is 2.27. The molecule has 0 aromatic carbocycles. The molecule has 0 aliphatic carbocycles. The van der Waals surface area contributed by atoms with Gasteiger partial charge in [-0.25, -0.2) is 0 Å². The Balaban J connectivity index is 2.26. The van der Waals surface area contributed by atoms with Gasteiger partial charge in [-0.05, 0) is 14.0 Å². The molecule has 0 radical (unpaired) electrons. The highest BCUT2D eigenvalue weighted by Gasteiger charge is 2.20. The number of anilines is 1. The van der Waals surface area contributed by atoms with Crippen LogP contribution in [0.4, 0.5) is 5.82 Å². The second-order valence-corrected chi connectivity index (χ2v) is 4.96. The largest absolute Gasteiger partial charge is 0.464 e. The van der Waals surface area contributed by atoms with Crippen LogP contribution in [0, 0.1) is 0 Å². The molecule has 1 aliphatic rings. The Morgan fingerprint density at radius 1 is 1.14 bits per heavy atom. The highest BCUT2D eigenvalue weighted by molar-refractivity contribution is 5.41. The molecular weight excluding hydrogens is 272 g/mol. The fourth-order valence-corrected chi connectivity index (χ4v) is 2.28. The first-order valence-electron chi connectivity index (χ1n) is 7.18. The average molecular weight is 296 g/mol. The van der Waals surface area contributed by atoms with Crippen LogP contribution in [0.3, 0.4) is 0 Å². The summed E-state index contributed by atoms with van der Waals surface area (Å²) in [5.74, 6) is 0.857. The van der Waals surface area contributed by atoms with E-state index in [0.717, 1.165) is 32.0 Å². The first-order chi connectivity index (χ1) is 10.2. The van der Waals surface area contributed by atoms with Crippen LogP contribution in [-0.4, -0.2) is 68.9 Å². The van der Waals surface area contributed by atoms with Gasteiger partial charge in [0.25, 0.3) is 0 Å². The number of likely N-dealkylation sites (N-methyl/N-ethyl adjacent to an activating group) is 1. The molecule has 0 atom stereocenters. The van der Waals surface area contributed by atoms with Gasteiger partial charge in [0.1, 0.15) is 11.5 Å². The number of hydrogen-bond donors (Lipinski definition) is 0. The van der Waals surface area contributed by atoms with Gasteiger partial charge in [-0.15, -0.1) is 0 Å². The third-order valence-corrected chi connectivity index (χ3v) is 3.48. The third-order valence-electron chi connectivity index (χ3n) is 3.48. The molecule has 0 amide bonds. The summed E-state index contributed by atoms with van der Waals surface area (Å²) in [6.45, 7) is 6.33. The van der Waals surface area contributed by atoms with Gasteiger partial charge in [-0.1, -0.05) is 0 Å². The van der Waals surface area contributed by atoms with Gasteiger partial charge >= 0.3 is 6.01 Å². The van der Waals surface area contributed by atoms with E-state index in [-0.39, 0.29) is 0 Å². The van der Waals surface area contributed by atoms with Crippen molar-refractivity contribution in [1.29, 1.82) is 0 Å².